The van der Waals surface area contributed by atoms with Crippen molar-refractivity contribution in [2.24, 2.45) is 0 Å². The second-order valence-electron chi connectivity index (χ2n) is 8.63. The van der Waals surface area contributed by atoms with Gasteiger partial charge in [-0.3, -0.25) is 10.1 Å². The molecule has 0 spiro atoms. The van der Waals surface area contributed by atoms with Crippen molar-refractivity contribution in [3.8, 4) is 28.0 Å². The van der Waals surface area contributed by atoms with E-state index >= 15 is 0 Å². The van der Waals surface area contributed by atoms with Crippen LogP contribution in [0.2, 0.25) is 0 Å². The molecule has 0 aliphatic heterocycles. The van der Waals surface area contributed by atoms with Gasteiger partial charge in [0.15, 0.2) is 0 Å². The molecule has 2 heterocycles. The van der Waals surface area contributed by atoms with Gasteiger partial charge in [-0.2, -0.15) is 0 Å². The van der Waals surface area contributed by atoms with Crippen molar-refractivity contribution < 1.29 is 19.1 Å². The third-order valence-corrected chi connectivity index (χ3v) is 6.30. The first-order valence-electron chi connectivity index (χ1n) is 12.0. The minimum Gasteiger partial charge on any atom is -0.496 e. The van der Waals surface area contributed by atoms with E-state index < -0.39 is 6.09 Å². The summed E-state index contributed by atoms with van der Waals surface area (Å²) in [7, 11) is 4.80. The first-order chi connectivity index (χ1) is 17.9. The number of aromatic nitrogens is 2. The van der Waals surface area contributed by atoms with Gasteiger partial charge in [-0.25, -0.2) is 9.78 Å². The fourth-order valence-corrected chi connectivity index (χ4v) is 4.07. The van der Waals surface area contributed by atoms with Crippen LogP contribution in [-0.4, -0.2) is 55.8 Å². The topological polar surface area (TPSA) is 117 Å². The zero-order valence-electron chi connectivity index (χ0n) is 21.3. The number of anilines is 1. The summed E-state index contributed by atoms with van der Waals surface area (Å²) in [5.74, 6) is 0.473. The molecule has 4 rings (SSSR count). The van der Waals surface area contributed by atoms with Crippen molar-refractivity contribution in [2.45, 2.75) is 19.4 Å². The van der Waals surface area contributed by atoms with Crippen LogP contribution in [0.15, 0.2) is 60.9 Å². The summed E-state index contributed by atoms with van der Waals surface area (Å²) in [5.41, 5.74) is 4.95. The summed E-state index contributed by atoms with van der Waals surface area (Å²) in [6, 6.07) is 15.4. The maximum Gasteiger partial charge on any atom is 0.411 e. The van der Waals surface area contributed by atoms with Crippen LogP contribution in [-0.2, 0) is 4.74 Å². The number of para-hydroxylation sites is 1. The monoisotopic (exact) mass is 501 g/mol. The number of H-pyrrole nitrogens is 1. The number of rotatable bonds is 9. The van der Waals surface area contributed by atoms with E-state index in [1.165, 1.54) is 7.11 Å². The third kappa shape index (κ3) is 5.73. The molecule has 1 atom stereocenters. The Bertz CT molecular complexity index is 1410. The highest BCUT2D eigenvalue weighted by Gasteiger charge is 2.17. The van der Waals surface area contributed by atoms with Crippen molar-refractivity contribution >= 4 is 28.7 Å². The predicted octanol–water partition coefficient (Wildman–Crippen LogP) is 4.81. The lowest BCUT2D eigenvalue weighted by atomic mass is 9.99. The number of carbonyl (C=O) groups is 2. The second kappa shape index (κ2) is 11.6. The van der Waals surface area contributed by atoms with Gasteiger partial charge >= 0.3 is 6.09 Å². The number of ether oxygens (including phenoxy) is 2. The molecule has 0 saturated carbocycles. The fourth-order valence-electron chi connectivity index (χ4n) is 4.07. The van der Waals surface area contributed by atoms with Crippen molar-refractivity contribution in [1.29, 1.82) is 0 Å². The normalized spacial score (nSPS) is 11.7. The number of carbonyl (C=O) groups excluding carboxylic acids is 2. The van der Waals surface area contributed by atoms with E-state index in [-0.39, 0.29) is 11.9 Å². The highest BCUT2D eigenvalue weighted by atomic mass is 16.5. The molecule has 4 N–H and O–H groups in total. The molecule has 1 unspecified atom stereocenters. The fraction of sp³-hybridized carbons (Fsp3) is 0.250. The van der Waals surface area contributed by atoms with E-state index in [0.29, 0.717) is 17.8 Å². The Morgan fingerprint density at radius 3 is 2.62 bits per heavy atom. The number of nitrogens with zero attached hydrogens (tertiary/aromatic N) is 1. The standard InChI is InChI=1S/C28H31N5O4/c1-17(29-2)11-12-30-27(34)22-13-18(9-10-24(22)33-28(35)37-4)19-14-21-23(16-32-26(21)31-15-19)20-7-5-6-8-25(20)36-3/h5-10,13-17,29H,11-12H2,1-4H3,(H,30,34)(H,31,32)(H,33,35). The van der Waals surface area contributed by atoms with Crippen molar-refractivity contribution in [3.05, 3.63) is 66.5 Å². The second-order valence-corrected chi connectivity index (χ2v) is 8.63. The molecule has 0 radical (unpaired) electrons. The highest BCUT2D eigenvalue weighted by Crippen LogP contribution is 2.36. The first-order valence-corrected chi connectivity index (χ1v) is 12.0. The van der Waals surface area contributed by atoms with E-state index in [4.69, 9.17) is 9.47 Å². The summed E-state index contributed by atoms with van der Waals surface area (Å²) in [6.07, 6.45) is 3.78. The largest absolute Gasteiger partial charge is 0.496 e. The molecule has 0 bridgehead atoms. The zero-order chi connectivity index (χ0) is 26.4. The quantitative estimate of drug-likeness (QED) is 0.261. The van der Waals surface area contributed by atoms with Crippen LogP contribution in [0.1, 0.15) is 23.7 Å². The minimum absolute atomic E-state index is 0.260. The number of nitrogens with one attached hydrogen (secondary N) is 4. The molecule has 9 nitrogen and oxygen atoms in total. The van der Waals surface area contributed by atoms with Gasteiger partial charge < -0.3 is 25.1 Å². The molecule has 2 aromatic heterocycles. The number of amides is 2. The number of aromatic amines is 1. The maximum absolute atomic E-state index is 13.1. The molecular formula is C28H31N5O4. The van der Waals surface area contributed by atoms with Gasteiger partial charge in [0.25, 0.3) is 5.91 Å². The van der Waals surface area contributed by atoms with Crippen molar-refractivity contribution in [1.82, 2.24) is 20.6 Å². The van der Waals surface area contributed by atoms with E-state index in [1.54, 1.807) is 25.4 Å². The molecule has 192 valence electrons. The van der Waals surface area contributed by atoms with Crippen LogP contribution in [0.4, 0.5) is 10.5 Å². The maximum atomic E-state index is 13.1. The molecule has 0 aliphatic carbocycles. The van der Waals surface area contributed by atoms with Crippen molar-refractivity contribution in [2.75, 3.05) is 33.1 Å². The van der Waals surface area contributed by atoms with Crippen LogP contribution in [0, 0.1) is 0 Å². The van der Waals surface area contributed by atoms with Crippen molar-refractivity contribution in [3.63, 3.8) is 0 Å². The Hall–Kier alpha value is -4.37. The Balaban J connectivity index is 1.72. The summed E-state index contributed by atoms with van der Waals surface area (Å²) in [4.78, 5) is 32.8. The predicted molar refractivity (Wildman–Crippen MR) is 145 cm³/mol. The van der Waals surface area contributed by atoms with Crippen LogP contribution in [0.25, 0.3) is 33.3 Å². The summed E-state index contributed by atoms with van der Waals surface area (Å²) < 4.78 is 10.3. The van der Waals surface area contributed by atoms with Crippen LogP contribution in [0.3, 0.4) is 0 Å². The van der Waals surface area contributed by atoms with Crippen LogP contribution >= 0.6 is 0 Å². The van der Waals surface area contributed by atoms with Gasteiger partial charge in [-0.15, -0.1) is 0 Å². The van der Waals surface area contributed by atoms with E-state index in [2.05, 4.69) is 25.9 Å². The molecule has 2 aromatic carbocycles. The van der Waals surface area contributed by atoms with Gasteiger partial charge in [0.05, 0.1) is 25.5 Å². The van der Waals surface area contributed by atoms with E-state index in [1.807, 2.05) is 56.6 Å². The minimum atomic E-state index is -0.650. The summed E-state index contributed by atoms with van der Waals surface area (Å²) >= 11 is 0. The summed E-state index contributed by atoms with van der Waals surface area (Å²) in [6.45, 7) is 2.53. The number of methoxy groups -OCH3 is 2. The average Bonchev–Trinajstić information content (AvgIpc) is 3.36. The van der Waals surface area contributed by atoms with Gasteiger partial charge in [-0.05, 0) is 50.2 Å². The molecule has 2 amide bonds. The molecule has 0 fully saturated rings. The Labute approximate surface area is 215 Å². The number of benzene rings is 2. The molecule has 37 heavy (non-hydrogen) atoms. The lowest BCUT2D eigenvalue weighted by Gasteiger charge is -2.14. The first kappa shape index (κ1) is 25.7. The Morgan fingerprint density at radius 1 is 1.05 bits per heavy atom. The lowest BCUT2D eigenvalue weighted by Crippen LogP contribution is -2.31. The van der Waals surface area contributed by atoms with Crippen LogP contribution in [0.5, 0.6) is 5.75 Å². The lowest BCUT2D eigenvalue weighted by molar-refractivity contribution is 0.0953. The summed E-state index contributed by atoms with van der Waals surface area (Å²) in [5, 5.41) is 9.64. The van der Waals surface area contributed by atoms with Gasteiger partial charge in [0, 0.05) is 47.1 Å². The molecule has 0 aliphatic rings. The zero-order valence-corrected chi connectivity index (χ0v) is 21.3. The number of hydrogen-bond acceptors (Lipinski definition) is 6. The molecule has 9 heteroatoms. The van der Waals surface area contributed by atoms with Gasteiger partial charge in [-0.1, -0.05) is 24.3 Å². The molecular weight excluding hydrogens is 470 g/mol. The molecule has 4 aromatic rings. The smallest absolute Gasteiger partial charge is 0.411 e. The number of pyridine rings is 1. The van der Waals surface area contributed by atoms with Crippen LogP contribution < -0.4 is 20.7 Å². The Morgan fingerprint density at radius 2 is 1.86 bits per heavy atom. The SMILES string of the molecule is CNC(C)CCNC(=O)c1cc(-c2cnc3[nH]cc(-c4ccccc4OC)c3c2)ccc1NC(=O)OC. The Kier molecular flexibility index (Phi) is 8.05. The number of hydrogen-bond donors (Lipinski definition) is 4. The third-order valence-electron chi connectivity index (χ3n) is 6.30. The van der Waals surface area contributed by atoms with Gasteiger partial charge in [0.2, 0.25) is 0 Å². The molecule has 0 saturated heterocycles. The van der Waals surface area contributed by atoms with E-state index in [0.717, 1.165) is 45.5 Å². The average molecular weight is 502 g/mol. The number of fused-ring (bicyclic) bond motifs is 1. The van der Waals surface area contributed by atoms with E-state index in [9.17, 15) is 9.59 Å². The highest BCUT2D eigenvalue weighted by molar-refractivity contribution is 6.04. The van der Waals surface area contributed by atoms with Gasteiger partial charge in [0.1, 0.15) is 11.4 Å².